The Kier molecular flexibility index (Phi) is 6.56. The van der Waals surface area contributed by atoms with Crippen molar-refractivity contribution >= 4 is 38.2 Å². The van der Waals surface area contributed by atoms with Gasteiger partial charge < -0.3 is 5.32 Å². The van der Waals surface area contributed by atoms with E-state index in [9.17, 15) is 9.00 Å². The van der Waals surface area contributed by atoms with E-state index < -0.39 is 9.73 Å². The van der Waals surface area contributed by atoms with Gasteiger partial charge in [0, 0.05) is 40.2 Å². The molecular weight excluding hydrogens is 512 g/mol. The van der Waals surface area contributed by atoms with Crippen molar-refractivity contribution in [2.75, 3.05) is 30.9 Å². The number of anilines is 2. The molecule has 202 valence electrons. The average Bonchev–Trinajstić information content (AvgIpc) is 3.13. The third-order valence-corrected chi connectivity index (χ3v) is 7.93. The van der Waals surface area contributed by atoms with Crippen molar-refractivity contribution in [2.45, 2.75) is 38.3 Å². The molecule has 4 aromatic rings. The summed E-state index contributed by atoms with van der Waals surface area (Å²) in [5.74, 6) is 1.14. The van der Waals surface area contributed by atoms with Crippen LogP contribution in [-0.4, -0.2) is 65.1 Å². The summed E-state index contributed by atoms with van der Waals surface area (Å²) in [5.41, 5.74) is 3.85. The fourth-order valence-corrected chi connectivity index (χ4v) is 5.93. The van der Waals surface area contributed by atoms with Gasteiger partial charge in [0.2, 0.25) is 5.95 Å². The Morgan fingerprint density at radius 1 is 1.18 bits per heavy atom. The van der Waals surface area contributed by atoms with Gasteiger partial charge in [0.25, 0.3) is 5.56 Å². The number of aryl methyl sites for hydroxylation is 1. The Balaban J connectivity index is 1.36. The zero-order chi connectivity index (χ0) is 27.1. The summed E-state index contributed by atoms with van der Waals surface area (Å²) in [4.78, 5) is 29.6. The van der Waals surface area contributed by atoms with Crippen LogP contribution in [0.1, 0.15) is 24.0 Å². The first-order valence-electron chi connectivity index (χ1n) is 13.2. The number of pyridine rings is 1. The highest BCUT2D eigenvalue weighted by Crippen LogP contribution is 2.30. The maximum atomic E-state index is 13.3. The molecule has 0 spiro atoms. The van der Waals surface area contributed by atoms with Crippen molar-refractivity contribution in [1.82, 2.24) is 29.2 Å². The van der Waals surface area contributed by atoms with Crippen LogP contribution in [0.5, 0.6) is 0 Å². The van der Waals surface area contributed by atoms with Crippen molar-refractivity contribution in [2.24, 2.45) is 4.36 Å². The first-order valence-corrected chi connectivity index (χ1v) is 15.5. The van der Waals surface area contributed by atoms with E-state index in [1.54, 1.807) is 41.5 Å². The number of fused-ring (bicyclic) bond motifs is 2. The Labute approximate surface area is 227 Å². The van der Waals surface area contributed by atoms with Crippen LogP contribution in [0.25, 0.3) is 16.9 Å². The van der Waals surface area contributed by atoms with Crippen molar-refractivity contribution < 1.29 is 4.21 Å². The lowest BCUT2D eigenvalue weighted by atomic mass is 9.86. The number of aromatic nitrogens is 5. The predicted molar refractivity (Wildman–Crippen MR) is 155 cm³/mol. The van der Waals surface area contributed by atoms with Crippen molar-refractivity contribution in [1.29, 1.82) is 0 Å². The van der Waals surface area contributed by atoms with Gasteiger partial charge in [-0.3, -0.25) is 9.69 Å². The van der Waals surface area contributed by atoms with Gasteiger partial charge in [-0.15, -0.1) is 6.58 Å². The van der Waals surface area contributed by atoms with Gasteiger partial charge in [-0.05, 0) is 74.2 Å². The highest BCUT2D eigenvalue weighted by molar-refractivity contribution is 7.92. The third kappa shape index (κ3) is 5.11. The zero-order valence-corrected chi connectivity index (χ0v) is 23.0. The van der Waals surface area contributed by atoms with Gasteiger partial charge in [-0.2, -0.15) is 9.35 Å². The van der Waals surface area contributed by atoms with Crippen LogP contribution in [0.15, 0.2) is 64.4 Å². The summed E-state index contributed by atoms with van der Waals surface area (Å²) < 4.78 is 19.6. The summed E-state index contributed by atoms with van der Waals surface area (Å²) in [6.07, 6.45) is 11.0. The van der Waals surface area contributed by atoms with Crippen molar-refractivity contribution in [3.05, 3.63) is 76.7 Å². The molecule has 6 rings (SSSR count). The Hall–Kier alpha value is -3.83. The van der Waals surface area contributed by atoms with Gasteiger partial charge in [0.05, 0.1) is 6.54 Å². The lowest BCUT2D eigenvalue weighted by molar-refractivity contribution is 0.107. The number of nitrogens with one attached hydrogen (secondary N) is 1. The molecule has 1 aromatic carbocycles. The van der Waals surface area contributed by atoms with Gasteiger partial charge in [0.1, 0.15) is 5.39 Å². The second-order valence-corrected chi connectivity index (χ2v) is 13.0. The molecule has 2 aliphatic rings. The van der Waals surface area contributed by atoms with E-state index in [2.05, 4.69) is 49.3 Å². The minimum Gasteiger partial charge on any atom is -0.324 e. The van der Waals surface area contributed by atoms with E-state index in [1.165, 1.54) is 47.9 Å². The van der Waals surface area contributed by atoms with Gasteiger partial charge in [0.15, 0.2) is 17.3 Å². The van der Waals surface area contributed by atoms with Gasteiger partial charge in [-0.25, -0.2) is 23.5 Å². The minimum atomic E-state index is -2.41. The van der Waals surface area contributed by atoms with Crippen LogP contribution in [0, 0.1) is 0 Å². The van der Waals surface area contributed by atoms with Crippen molar-refractivity contribution in [3.8, 4) is 5.82 Å². The Morgan fingerprint density at radius 2 is 2.03 bits per heavy atom. The molecule has 0 radical (unpaired) electrons. The Bertz CT molecular complexity index is 1750. The highest BCUT2D eigenvalue weighted by Gasteiger charge is 2.27. The predicted octanol–water partition coefficient (Wildman–Crippen LogP) is 3.83. The lowest BCUT2D eigenvalue weighted by Crippen LogP contribution is -2.47. The van der Waals surface area contributed by atoms with E-state index in [0.29, 0.717) is 34.7 Å². The molecule has 1 N–H and O–H groups in total. The molecule has 4 heterocycles. The molecule has 1 unspecified atom stereocenters. The minimum absolute atomic E-state index is 0.249. The topological polar surface area (TPSA) is 110 Å². The molecule has 0 amide bonds. The van der Waals surface area contributed by atoms with E-state index in [1.807, 2.05) is 0 Å². The molecule has 0 saturated carbocycles. The molecule has 10 nitrogen and oxygen atoms in total. The van der Waals surface area contributed by atoms with Crippen LogP contribution < -0.4 is 10.9 Å². The quantitative estimate of drug-likeness (QED) is 0.352. The number of allylic oxidation sites excluding steroid dienone is 1. The SMILES string of the molecule is C=CCn1c(=O)c2cnc(Nc3ccc4c(c3)CCC(N3CCC3)C4)nc2n1-c1cccc(N=S(C)(C)=O)n1. The second-order valence-electron chi connectivity index (χ2n) is 10.4. The summed E-state index contributed by atoms with van der Waals surface area (Å²) in [6, 6.07) is 12.3. The fraction of sp³-hybridized carbons (Fsp3) is 0.357. The van der Waals surface area contributed by atoms with Crippen LogP contribution in [-0.2, 0) is 29.1 Å². The Morgan fingerprint density at radius 3 is 2.77 bits per heavy atom. The second kappa shape index (κ2) is 10.0. The number of benzene rings is 1. The summed E-state index contributed by atoms with van der Waals surface area (Å²) in [6.45, 7) is 6.51. The molecule has 1 fully saturated rings. The fourth-order valence-electron chi connectivity index (χ4n) is 5.37. The molecule has 0 bridgehead atoms. The van der Waals surface area contributed by atoms with E-state index in [0.717, 1.165) is 18.5 Å². The monoisotopic (exact) mass is 544 g/mol. The normalized spacial score (nSPS) is 17.4. The number of rotatable bonds is 7. The van der Waals surface area contributed by atoms with Crippen LogP contribution >= 0.6 is 0 Å². The van der Waals surface area contributed by atoms with Crippen molar-refractivity contribution in [3.63, 3.8) is 0 Å². The smallest absolute Gasteiger partial charge is 0.278 e. The molecular formula is C28H32N8O2S. The maximum Gasteiger partial charge on any atom is 0.278 e. The largest absolute Gasteiger partial charge is 0.324 e. The molecule has 1 aliphatic heterocycles. The van der Waals surface area contributed by atoms with E-state index in [4.69, 9.17) is 4.98 Å². The third-order valence-electron chi connectivity index (χ3n) is 7.30. The first kappa shape index (κ1) is 25.4. The number of hydrogen-bond acceptors (Lipinski definition) is 8. The molecule has 11 heteroatoms. The van der Waals surface area contributed by atoms with Crippen LogP contribution in [0.3, 0.4) is 0 Å². The van der Waals surface area contributed by atoms with E-state index >= 15 is 0 Å². The summed E-state index contributed by atoms with van der Waals surface area (Å²) in [7, 11) is -2.41. The maximum absolute atomic E-state index is 13.3. The summed E-state index contributed by atoms with van der Waals surface area (Å²) in [5, 5.41) is 3.69. The van der Waals surface area contributed by atoms with Crippen LogP contribution in [0.2, 0.25) is 0 Å². The molecule has 1 saturated heterocycles. The van der Waals surface area contributed by atoms with Crippen LogP contribution in [0.4, 0.5) is 17.5 Å². The average molecular weight is 545 g/mol. The molecule has 1 atom stereocenters. The standard InChI is InChI=1S/C28H32N8O2S/c1-4-13-35-27(37)23-18-29-28(32-26(23)36(35)25-8-5-7-24(31-25)33-39(2,3)38)30-21-11-9-20-17-22(34-14-6-15-34)12-10-19(20)16-21/h4-5,7-9,11,16,18,22H,1,6,10,12-15,17H2,2-3H3,(H,29,30,32). The number of nitrogens with zero attached hydrogens (tertiary/aromatic N) is 7. The molecule has 39 heavy (non-hydrogen) atoms. The number of likely N-dealkylation sites (tertiary alicyclic amines) is 1. The zero-order valence-electron chi connectivity index (χ0n) is 22.2. The number of hydrogen-bond donors (Lipinski definition) is 1. The van der Waals surface area contributed by atoms with Gasteiger partial charge in [-0.1, -0.05) is 18.2 Å². The highest BCUT2D eigenvalue weighted by atomic mass is 32.2. The summed E-state index contributed by atoms with van der Waals surface area (Å²) >= 11 is 0. The molecule has 3 aromatic heterocycles. The van der Waals surface area contributed by atoms with E-state index in [-0.39, 0.29) is 12.1 Å². The first-order chi connectivity index (χ1) is 18.8. The lowest BCUT2D eigenvalue weighted by Gasteiger charge is -2.41. The van der Waals surface area contributed by atoms with Gasteiger partial charge >= 0.3 is 0 Å². The molecule has 1 aliphatic carbocycles.